The predicted molar refractivity (Wildman–Crippen MR) is 190 cm³/mol. The van der Waals surface area contributed by atoms with Crippen LogP contribution < -0.4 is 15.0 Å². The zero-order valence-electron chi connectivity index (χ0n) is 28.6. The van der Waals surface area contributed by atoms with Crippen molar-refractivity contribution >= 4 is 27.5 Å². The third-order valence-corrected chi connectivity index (χ3v) is 11.8. The van der Waals surface area contributed by atoms with Gasteiger partial charge in [-0.25, -0.2) is 4.39 Å². The number of phenols is 1. The van der Waals surface area contributed by atoms with Crippen molar-refractivity contribution in [1.82, 2.24) is 20.2 Å². The number of halogens is 1. The van der Waals surface area contributed by atoms with Gasteiger partial charge in [-0.05, 0) is 96.9 Å². The number of aromatic hydroxyl groups is 1. The van der Waals surface area contributed by atoms with Gasteiger partial charge in [0.1, 0.15) is 17.4 Å². The Labute approximate surface area is 287 Å². The highest BCUT2D eigenvalue weighted by Gasteiger charge is 2.49. The normalized spacial score (nSPS) is 25.5. The van der Waals surface area contributed by atoms with Crippen LogP contribution in [0.1, 0.15) is 68.6 Å². The van der Waals surface area contributed by atoms with Crippen molar-refractivity contribution in [2.45, 2.75) is 83.0 Å². The van der Waals surface area contributed by atoms with Crippen LogP contribution in [-0.4, -0.2) is 83.6 Å². The third kappa shape index (κ3) is 5.31. The van der Waals surface area contributed by atoms with Gasteiger partial charge in [-0.15, -0.1) is 6.42 Å². The van der Waals surface area contributed by atoms with Crippen molar-refractivity contribution in [3.05, 3.63) is 52.8 Å². The summed E-state index contributed by atoms with van der Waals surface area (Å²) in [5.41, 5.74) is 4.73. The molecule has 4 saturated heterocycles. The van der Waals surface area contributed by atoms with E-state index in [4.69, 9.17) is 25.9 Å². The molecule has 4 aliphatic heterocycles. The molecule has 5 aliphatic rings. The Hall–Kier alpha value is -3.97. The largest absolute Gasteiger partial charge is 0.508 e. The number of piperazine rings is 1. The van der Waals surface area contributed by atoms with E-state index < -0.39 is 5.82 Å². The number of benzene rings is 3. The van der Waals surface area contributed by atoms with Crippen LogP contribution in [0.3, 0.4) is 0 Å². The molecule has 5 heterocycles. The number of nitrogens with one attached hydrogen (secondary N) is 1. The van der Waals surface area contributed by atoms with Crippen LogP contribution in [0.4, 0.5) is 10.2 Å². The molecule has 9 heteroatoms. The van der Waals surface area contributed by atoms with Crippen molar-refractivity contribution in [2.75, 3.05) is 44.3 Å². The molecule has 1 aromatic heterocycles. The number of phenolic OH excluding ortho intramolecular Hbond substituents is 1. The number of morpholine rings is 1. The van der Waals surface area contributed by atoms with Crippen LogP contribution >= 0.6 is 0 Å². The van der Waals surface area contributed by atoms with Gasteiger partial charge in [0, 0.05) is 60.5 Å². The monoisotopic (exact) mass is 661 g/mol. The fourth-order valence-corrected chi connectivity index (χ4v) is 9.12. The molecular formula is C40H44FN5O3. The van der Waals surface area contributed by atoms with Gasteiger partial charge in [-0.1, -0.05) is 25.8 Å². The number of aryl methyl sites for hydroxylation is 1. The summed E-state index contributed by atoms with van der Waals surface area (Å²) in [7, 11) is 0. The topological polar surface area (TPSA) is 83.0 Å². The number of hydrogen-bond acceptors (Lipinski definition) is 8. The standard InChI is InChI=1S/C40H44FN5O3/c1-5-30-34(41)9-6-24-12-28(47)14-32(36(24)30)35-23(4)37-33(15-31(35)22(2)3)38(45-16-25-7-8-26(17-45)42-25)44-39(43-37)49-21-40(10-11-40)20-46-18-29-13-27(46)19-48-29/h1,6,9,12,14-15,22,25-27,29,42,47H,7-8,10-11,13,16-21H2,2-4H3/t25?,26?,27-,29-/m1/s1. The number of anilines is 1. The van der Waals surface area contributed by atoms with Gasteiger partial charge in [0.25, 0.3) is 0 Å². The quantitative estimate of drug-likeness (QED) is 0.214. The van der Waals surface area contributed by atoms with Crippen LogP contribution in [0.2, 0.25) is 0 Å². The molecule has 0 radical (unpaired) electrons. The highest BCUT2D eigenvalue weighted by atomic mass is 19.1. The highest BCUT2D eigenvalue weighted by molar-refractivity contribution is 6.06. The second-order valence-corrected chi connectivity index (χ2v) is 15.6. The van der Waals surface area contributed by atoms with Crippen LogP contribution in [0.5, 0.6) is 11.8 Å². The van der Waals surface area contributed by atoms with Crippen molar-refractivity contribution in [3.8, 4) is 35.2 Å². The molecule has 4 bridgehead atoms. The Kier molecular flexibility index (Phi) is 7.31. The molecule has 8 nitrogen and oxygen atoms in total. The van der Waals surface area contributed by atoms with E-state index in [2.05, 4.69) is 47.9 Å². The molecule has 9 rings (SSSR count). The fraction of sp³-hybridized carbons (Fsp3) is 0.500. The first-order valence-electron chi connectivity index (χ1n) is 18.0. The van der Waals surface area contributed by atoms with Gasteiger partial charge in [0.05, 0.1) is 30.4 Å². The average molecular weight is 662 g/mol. The Bertz CT molecular complexity index is 2030. The summed E-state index contributed by atoms with van der Waals surface area (Å²) < 4.78 is 27.7. The van der Waals surface area contributed by atoms with E-state index in [-0.39, 0.29) is 22.6 Å². The van der Waals surface area contributed by atoms with E-state index in [9.17, 15) is 5.11 Å². The average Bonchev–Trinajstić information content (AvgIpc) is 3.34. The predicted octanol–water partition coefficient (Wildman–Crippen LogP) is 6.28. The minimum absolute atomic E-state index is 0.0995. The van der Waals surface area contributed by atoms with Crippen LogP contribution in [0.25, 0.3) is 32.8 Å². The Balaban J connectivity index is 1.18. The van der Waals surface area contributed by atoms with Crippen molar-refractivity contribution in [1.29, 1.82) is 0 Å². The smallest absolute Gasteiger partial charge is 0.318 e. The van der Waals surface area contributed by atoms with E-state index in [0.717, 1.165) is 85.5 Å². The van der Waals surface area contributed by atoms with E-state index in [1.54, 1.807) is 18.2 Å². The maximum absolute atomic E-state index is 15.2. The number of fused-ring (bicyclic) bond motifs is 6. The fourth-order valence-electron chi connectivity index (χ4n) is 9.12. The molecule has 0 spiro atoms. The summed E-state index contributed by atoms with van der Waals surface area (Å²) in [6.07, 6.45) is 12.1. The number of likely N-dealkylation sites (tertiary alicyclic amines) is 1. The van der Waals surface area contributed by atoms with Crippen LogP contribution in [0, 0.1) is 30.5 Å². The molecule has 1 saturated carbocycles. The summed E-state index contributed by atoms with van der Waals surface area (Å²) in [4.78, 5) is 15.4. The maximum Gasteiger partial charge on any atom is 0.318 e. The summed E-state index contributed by atoms with van der Waals surface area (Å²) in [5.74, 6) is 3.26. The molecule has 3 aromatic carbocycles. The summed E-state index contributed by atoms with van der Waals surface area (Å²) in [6.45, 7) is 11.6. The molecule has 49 heavy (non-hydrogen) atoms. The first-order chi connectivity index (χ1) is 23.7. The van der Waals surface area contributed by atoms with Crippen LogP contribution in [-0.2, 0) is 4.74 Å². The van der Waals surface area contributed by atoms with E-state index in [1.165, 1.54) is 18.9 Å². The van der Waals surface area contributed by atoms with Crippen molar-refractivity contribution in [3.63, 3.8) is 0 Å². The summed E-state index contributed by atoms with van der Waals surface area (Å²) in [6, 6.07) is 10.4. The van der Waals surface area contributed by atoms with Gasteiger partial charge in [-0.3, -0.25) is 4.90 Å². The SMILES string of the molecule is C#Cc1c(F)ccc2cc(O)cc(-c3c(C(C)C)cc4c(N5CC6CCC(C5)N6)nc(OCC5(CN6C[C@H]7C[C@@H]6CO7)CC5)nc4c3C)c12. The molecule has 5 fully saturated rings. The first kappa shape index (κ1) is 31.0. The molecule has 4 aromatic rings. The molecular weight excluding hydrogens is 617 g/mol. The number of nitrogens with zero attached hydrogens (tertiary/aromatic N) is 4. The molecule has 0 amide bonds. The Morgan fingerprint density at radius 1 is 1.14 bits per heavy atom. The molecule has 2 N–H and O–H groups in total. The number of ether oxygens (including phenoxy) is 2. The second kappa shape index (κ2) is 11.5. The minimum Gasteiger partial charge on any atom is -0.508 e. The minimum atomic E-state index is -0.455. The number of terminal acetylenes is 1. The zero-order valence-corrected chi connectivity index (χ0v) is 28.6. The molecule has 2 unspecified atom stereocenters. The lowest BCUT2D eigenvalue weighted by Crippen LogP contribution is -2.51. The lowest BCUT2D eigenvalue weighted by Gasteiger charge is -2.35. The first-order valence-corrected chi connectivity index (χ1v) is 18.0. The van der Waals surface area contributed by atoms with Crippen molar-refractivity contribution in [2.24, 2.45) is 5.41 Å². The summed E-state index contributed by atoms with van der Waals surface area (Å²) >= 11 is 0. The number of rotatable bonds is 8. The molecule has 254 valence electrons. The lowest BCUT2D eigenvalue weighted by molar-refractivity contribution is 0.0176. The highest BCUT2D eigenvalue weighted by Crippen LogP contribution is 2.49. The molecule has 4 atom stereocenters. The van der Waals surface area contributed by atoms with Crippen molar-refractivity contribution < 1.29 is 19.0 Å². The van der Waals surface area contributed by atoms with Crippen LogP contribution in [0.15, 0.2) is 30.3 Å². The second-order valence-electron chi connectivity index (χ2n) is 15.6. The van der Waals surface area contributed by atoms with Gasteiger partial charge in [-0.2, -0.15) is 9.97 Å². The van der Waals surface area contributed by atoms with E-state index in [1.807, 2.05) is 0 Å². The third-order valence-electron chi connectivity index (χ3n) is 11.8. The van der Waals surface area contributed by atoms with Gasteiger partial charge < -0.3 is 24.8 Å². The Morgan fingerprint density at radius 2 is 1.94 bits per heavy atom. The summed E-state index contributed by atoms with van der Waals surface area (Å²) in [5, 5.41) is 17.0. The van der Waals surface area contributed by atoms with E-state index in [0.29, 0.717) is 53.2 Å². The van der Waals surface area contributed by atoms with E-state index >= 15 is 4.39 Å². The zero-order chi connectivity index (χ0) is 33.6. The lowest BCUT2D eigenvalue weighted by atomic mass is 9.84. The van der Waals surface area contributed by atoms with Gasteiger partial charge in [0.2, 0.25) is 0 Å². The number of hydrogen-bond donors (Lipinski definition) is 2. The number of aromatic nitrogens is 2. The molecule has 1 aliphatic carbocycles. The Morgan fingerprint density at radius 3 is 2.61 bits per heavy atom. The van der Waals surface area contributed by atoms with Gasteiger partial charge >= 0.3 is 6.01 Å². The maximum atomic E-state index is 15.2. The van der Waals surface area contributed by atoms with Gasteiger partial charge in [0.15, 0.2) is 0 Å².